The minimum atomic E-state index is -1.14. The number of ether oxygens (including phenoxy) is 1. The zero-order valence-electron chi connectivity index (χ0n) is 29.6. The average Bonchev–Trinajstić information content (AvgIpc) is 3.18. The lowest BCUT2D eigenvalue weighted by Gasteiger charge is -2.42. The quantitative estimate of drug-likeness (QED) is 0.166. The van der Waals surface area contributed by atoms with Crippen LogP contribution in [-0.2, 0) is 16.0 Å². The number of phenolic OH excluding ortho intramolecular Hbond substituents is 2. The van der Waals surface area contributed by atoms with Crippen LogP contribution in [0.15, 0.2) is 48.5 Å². The number of carbonyl (C=O) groups is 2. The summed E-state index contributed by atoms with van der Waals surface area (Å²) in [6, 6.07) is 14.7. The second kappa shape index (κ2) is 15.0. The van der Waals surface area contributed by atoms with Gasteiger partial charge in [0.15, 0.2) is 17.3 Å². The van der Waals surface area contributed by atoms with Gasteiger partial charge in [-0.3, -0.25) is 9.59 Å². The molecule has 3 aliphatic carbocycles. The normalized spacial score (nSPS) is 29.9. The van der Waals surface area contributed by atoms with Gasteiger partial charge in [0, 0.05) is 31.2 Å². The van der Waals surface area contributed by atoms with Gasteiger partial charge in [-0.15, -0.1) is 0 Å². The molecule has 1 spiro atoms. The van der Waals surface area contributed by atoms with E-state index in [9.17, 15) is 30.0 Å². The van der Waals surface area contributed by atoms with Crippen molar-refractivity contribution in [2.75, 3.05) is 13.7 Å². The van der Waals surface area contributed by atoms with Gasteiger partial charge < -0.3 is 30.5 Å². The molecule has 0 amide bonds. The summed E-state index contributed by atoms with van der Waals surface area (Å²) < 4.78 is 5.43. The van der Waals surface area contributed by atoms with Gasteiger partial charge in [-0.25, -0.2) is 0 Å². The van der Waals surface area contributed by atoms with Crippen LogP contribution in [0.3, 0.4) is 0 Å². The number of aryl methyl sites for hydroxylation is 1. The summed E-state index contributed by atoms with van der Waals surface area (Å²) in [5.41, 5.74) is 1.32. The number of aliphatic hydroxyl groups excluding tert-OH is 2. The first-order valence-electron chi connectivity index (χ1n) is 18.9. The Balaban J connectivity index is 1.07. The van der Waals surface area contributed by atoms with Crippen LogP contribution < -0.4 is 10.1 Å². The number of piperidine rings is 1. The summed E-state index contributed by atoms with van der Waals surface area (Å²) in [7, 11) is 1.50. The summed E-state index contributed by atoms with van der Waals surface area (Å²) in [5, 5.41) is 49.2. The van der Waals surface area contributed by atoms with E-state index in [0.717, 1.165) is 66.1 Å². The molecule has 8 atom stereocenters. The fourth-order valence-corrected chi connectivity index (χ4v) is 9.41. The van der Waals surface area contributed by atoms with Crippen molar-refractivity contribution in [3.05, 3.63) is 65.2 Å². The van der Waals surface area contributed by atoms with E-state index < -0.39 is 17.6 Å². The molecule has 5 N–H and O–H groups in total. The van der Waals surface area contributed by atoms with Crippen molar-refractivity contribution in [1.82, 2.24) is 5.32 Å². The molecule has 0 radical (unpaired) electrons. The van der Waals surface area contributed by atoms with Crippen LogP contribution in [0.1, 0.15) is 106 Å². The minimum absolute atomic E-state index is 0.00266. The SMILES string of the molecule is COc1cc2c(cc1O)[C@@H](CC[C@H](O)c1ccc3cc(O)ccc3c1)C#C[C@]1(CC[C@H](CC[C@H]3CN[C@@H]4CC(=O)CC[C@H]4C3)C[C@H]1O)C(=O)CC2. The number of rotatable bonds is 8. The van der Waals surface area contributed by atoms with Crippen molar-refractivity contribution in [3.63, 3.8) is 0 Å². The molecule has 1 aliphatic heterocycles. The first-order chi connectivity index (χ1) is 24.6. The van der Waals surface area contributed by atoms with Gasteiger partial charge in [0.25, 0.3) is 0 Å². The highest BCUT2D eigenvalue weighted by Gasteiger charge is 2.47. The van der Waals surface area contributed by atoms with Crippen LogP contribution in [0.4, 0.5) is 0 Å². The Morgan fingerprint density at radius 2 is 1.75 bits per heavy atom. The van der Waals surface area contributed by atoms with Gasteiger partial charge in [-0.05, 0) is 140 Å². The van der Waals surface area contributed by atoms with Crippen molar-refractivity contribution in [3.8, 4) is 29.1 Å². The van der Waals surface area contributed by atoms with Crippen LogP contribution >= 0.6 is 0 Å². The van der Waals surface area contributed by atoms with Gasteiger partial charge in [0.2, 0.25) is 0 Å². The molecule has 1 saturated heterocycles. The number of carbonyl (C=O) groups excluding carboxylic acids is 2. The maximum absolute atomic E-state index is 14.1. The highest BCUT2D eigenvalue weighted by Crippen LogP contribution is 2.45. The smallest absolute Gasteiger partial charge is 0.160 e. The monoisotopic (exact) mass is 693 g/mol. The lowest BCUT2D eigenvalue weighted by molar-refractivity contribution is -0.134. The number of Topliss-reactive ketones (excluding diaryl/α,β-unsaturated/α-hetero) is 2. The first kappa shape index (κ1) is 35.5. The molecule has 0 bridgehead atoms. The Morgan fingerprint density at radius 1 is 0.941 bits per heavy atom. The summed E-state index contributed by atoms with van der Waals surface area (Å²) >= 11 is 0. The molecule has 270 valence electrons. The Labute approximate surface area is 300 Å². The van der Waals surface area contributed by atoms with E-state index in [4.69, 9.17) is 4.74 Å². The van der Waals surface area contributed by atoms with Crippen molar-refractivity contribution >= 4 is 22.3 Å². The fraction of sp³-hybridized carbons (Fsp3) is 0.535. The molecule has 8 nitrogen and oxygen atoms in total. The van der Waals surface area contributed by atoms with Crippen LogP contribution in [0.2, 0.25) is 0 Å². The van der Waals surface area contributed by atoms with Crippen molar-refractivity contribution in [1.29, 1.82) is 0 Å². The third-order valence-electron chi connectivity index (χ3n) is 12.5. The predicted octanol–water partition coefficient (Wildman–Crippen LogP) is 6.65. The van der Waals surface area contributed by atoms with Crippen LogP contribution in [-0.4, -0.2) is 57.8 Å². The number of nitrogens with one attached hydrogen (secondary N) is 1. The minimum Gasteiger partial charge on any atom is -0.508 e. The number of fused-ring (bicyclic) bond motifs is 3. The largest absolute Gasteiger partial charge is 0.508 e. The second-order valence-corrected chi connectivity index (χ2v) is 15.7. The van der Waals surface area contributed by atoms with E-state index >= 15 is 0 Å². The first-order valence-corrected chi connectivity index (χ1v) is 18.9. The lowest BCUT2D eigenvalue weighted by Crippen LogP contribution is -2.49. The number of methoxy groups -OCH3 is 1. The zero-order valence-corrected chi connectivity index (χ0v) is 29.6. The van der Waals surface area contributed by atoms with E-state index in [-0.39, 0.29) is 29.6 Å². The molecule has 3 fully saturated rings. The molecule has 0 unspecified atom stereocenters. The van der Waals surface area contributed by atoms with Gasteiger partial charge in [0.1, 0.15) is 16.9 Å². The topological polar surface area (TPSA) is 136 Å². The molecule has 1 heterocycles. The van der Waals surface area contributed by atoms with Crippen molar-refractivity contribution in [2.45, 2.75) is 108 Å². The standard InChI is InChI=1S/C43H51NO7/c1-51-40-22-31-9-13-41(49)43(16-14-26(19-42(43)50)2-3-27-18-32-7-11-35(46)23-37(32)44-25-27)17-15-28(36(31)24-39(40)48)8-12-38(47)33-5-4-30-21-34(45)10-6-29(30)20-33/h4-6,10,20-22,24,26-28,32,37-38,42,44-45,47-48,50H,2-3,7-9,11-14,16,18-19,23,25H2,1H3/t26-,27+,28-,32-,37+,38-,42+,43+/m0/s1. The van der Waals surface area contributed by atoms with Crippen LogP contribution in [0.25, 0.3) is 10.8 Å². The number of phenols is 2. The molecule has 4 aliphatic rings. The summed E-state index contributed by atoms with van der Waals surface area (Å²) in [6.45, 7) is 0.944. The fourth-order valence-electron chi connectivity index (χ4n) is 9.41. The Kier molecular flexibility index (Phi) is 10.4. The molecule has 8 heteroatoms. The molecule has 7 rings (SSSR count). The molecular weight excluding hydrogens is 642 g/mol. The molecule has 3 aromatic carbocycles. The summed E-state index contributed by atoms with van der Waals surface area (Å²) in [5.74, 6) is 8.77. The Morgan fingerprint density at radius 3 is 2.57 bits per heavy atom. The van der Waals surface area contributed by atoms with Gasteiger partial charge in [-0.1, -0.05) is 36.5 Å². The van der Waals surface area contributed by atoms with E-state index in [1.54, 1.807) is 24.3 Å². The van der Waals surface area contributed by atoms with Crippen molar-refractivity contribution in [2.24, 2.45) is 23.2 Å². The number of hydrogen-bond donors (Lipinski definition) is 5. The van der Waals surface area contributed by atoms with E-state index in [1.807, 2.05) is 24.3 Å². The molecule has 2 saturated carbocycles. The Hall–Kier alpha value is -3.90. The zero-order chi connectivity index (χ0) is 35.7. The molecule has 51 heavy (non-hydrogen) atoms. The highest BCUT2D eigenvalue weighted by atomic mass is 16.5. The molecule has 0 aromatic heterocycles. The van der Waals surface area contributed by atoms with Gasteiger partial charge in [-0.2, -0.15) is 0 Å². The van der Waals surface area contributed by atoms with Gasteiger partial charge in [0.05, 0.1) is 19.3 Å². The Bertz CT molecular complexity index is 1840. The van der Waals surface area contributed by atoms with Gasteiger partial charge >= 0.3 is 0 Å². The third kappa shape index (κ3) is 7.53. The lowest BCUT2D eigenvalue weighted by atomic mass is 9.64. The van der Waals surface area contributed by atoms with Crippen molar-refractivity contribution < 1.29 is 34.8 Å². The predicted molar refractivity (Wildman–Crippen MR) is 196 cm³/mol. The maximum atomic E-state index is 14.1. The molecular formula is C43H51NO7. The van der Waals surface area contributed by atoms with E-state index in [2.05, 4.69) is 17.2 Å². The highest BCUT2D eigenvalue weighted by molar-refractivity contribution is 5.89. The summed E-state index contributed by atoms with van der Waals surface area (Å²) in [4.78, 5) is 26.0. The number of aromatic hydroxyl groups is 2. The maximum Gasteiger partial charge on any atom is 0.160 e. The average molecular weight is 694 g/mol. The van der Waals surface area contributed by atoms with E-state index in [1.165, 1.54) is 7.11 Å². The number of ketones is 2. The second-order valence-electron chi connectivity index (χ2n) is 15.7. The number of hydrogen-bond acceptors (Lipinski definition) is 8. The number of aliphatic hydroxyl groups is 2. The van der Waals surface area contributed by atoms with Crippen LogP contribution in [0, 0.1) is 35.0 Å². The van der Waals surface area contributed by atoms with E-state index in [0.29, 0.717) is 80.3 Å². The summed E-state index contributed by atoms with van der Waals surface area (Å²) in [6.07, 6.45) is 7.45. The molecule has 3 aromatic rings. The van der Waals surface area contributed by atoms with Crippen LogP contribution in [0.5, 0.6) is 17.2 Å². The third-order valence-corrected chi connectivity index (χ3v) is 12.5. The number of benzene rings is 3.